The van der Waals surface area contributed by atoms with E-state index in [9.17, 15) is 13.6 Å². The summed E-state index contributed by atoms with van der Waals surface area (Å²) >= 11 is 0. The lowest BCUT2D eigenvalue weighted by molar-refractivity contribution is -0.0196. The van der Waals surface area contributed by atoms with Crippen LogP contribution in [0.15, 0.2) is 18.3 Å². The summed E-state index contributed by atoms with van der Waals surface area (Å²) in [6, 6.07) is 2.33. The number of halogens is 2. The first-order valence-corrected chi connectivity index (χ1v) is 7.92. The van der Waals surface area contributed by atoms with Crippen molar-refractivity contribution in [2.45, 2.75) is 45.8 Å². The molecule has 4 nitrogen and oxygen atoms in total. The van der Waals surface area contributed by atoms with Crippen molar-refractivity contribution in [2.24, 2.45) is 0 Å². The van der Waals surface area contributed by atoms with Crippen molar-refractivity contribution >= 4 is 5.78 Å². The average Bonchev–Trinajstić information content (AvgIpc) is 2.54. The number of pyridine rings is 2. The van der Waals surface area contributed by atoms with Crippen LogP contribution in [0.3, 0.4) is 0 Å². The average molecular weight is 332 g/mol. The van der Waals surface area contributed by atoms with E-state index in [1.54, 1.807) is 0 Å². The molecule has 0 spiro atoms. The molecule has 2 aromatic rings. The Morgan fingerprint density at radius 2 is 2.12 bits per heavy atom. The molecule has 0 aromatic carbocycles. The number of carbonyl (C=O) groups excluding carboxylic acids is 1. The van der Waals surface area contributed by atoms with Crippen LogP contribution >= 0.6 is 0 Å². The molecular formula is C18H18F2N2O2. The number of nitrogens with zero attached hydrogens (tertiary/aromatic N) is 2. The number of ether oxygens (including phenoxy) is 1. The summed E-state index contributed by atoms with van der Waals surface area (Å²) in [5.74, 6) is -1.73. The molecule has 3 rings (SSSR count). The summed E-state index contributed by atoms with van der Waals surface area (Å²) in [5.41, 5.74) is 2.16. The summed E-state index contributed by atoms with van der Waals surface area (Å²) in [6.07, 6.45) is 2.00. The van der Waals surface area contributed by atoms with Crippen LogP contribution in [0, 0.1) is 11.6 Å². The molecule has 126 valence electrons. The van der Waals surface area contributed by atoms with E-state index >= 15 is 0 Å². The van der Waals surface area contributed by atoms with Crippen molar-refractivity contribution < 1.29 is 18.3 Å². The fourth-order valence-electron chi connectivity index (χ4n) is 3.02. The van der Waals surface area contributed by atoms with Gasteiger partial charge in [0.2, 0.25) is 0 Å². The highest BCUT2D eigenvalue weighted by molar-refractivity contribution is 5.93. The molecule has 6 heteroatoms. The van der Waals surface area contributed by atoms with E-state index in [4.69, 9.17) is 4.74 Å². The number of aromatic nitrogens is 2. The summed E-state index contributed by atoms with van der Waals surface area (Å²) in [5, 5.41) is 0. The van der Waals surface area contributed by atoms with E-state index in [1.165, 1.54) is 13.0 Å². The van der Waals surface area contributed by atoms with Crippen LogP contribution in [0.1, 0.15) is 55.0 Å². The molecule has 2 atom stereocenters. The van der Waals surface area contributed by atoms with Crippen molar-refractivity contribution in [3.05, 3.63) is 46.9 Å². The molecule has 1 aliphatic heterocycles. The van der Waals surface area contributed by atoms with Crippen LogP contribution < -0.4 is 0 Å². The molecule has 0 bridgehead atoms. The Hall–Kier alpha value is -2.21. The van der Waals surface area contributed by atoms with Gasteiger partial charge in [-0.05, 0) is 25.0 Å². The lowest BCUT2D eigenvalue weighted by Crippen LogP contribution is -2.27. The predicted molar refractivity (Wildman–Crippen MR) is 84.7 cm³/mol. The van der Waals surface area contributed by atoms with Crippen LogP contribution in [-0.2, 0) is 11.2 Å². The van der Waals surface area contributed by atoms with E-state index in [-0.39, 0.29) is 29.4 Å². The van der Waals surface area contributed by atoms with Gasteiger partial charge in [-0.1, -0.05) is 6.92 Å². The predicted octanol–water partition coefficient (Wildman–Crippen LogP) is 4.04. The minimum atomic E-state index is -0.759. The third-order valence-electron chi connectivity index (χ3n) is 4.25. The Morgan fingerprint density at radius 3 is 2.75 bits per heavy atom. The van der Waals surface area contributed by atoms with Gasteiger partial charge in [0, 0.05) is 25.0 Å². The van der Waals surface area contributed by atoms with Crippen LogP contribution in [-0.4, -0.2) is 21.9 Å². The van der Waals surface area contributed by atoms with Crippen LogP contribution in [0.4, 0.5) is 8.78 Å². The smallest absolute Gasteiger partial charge is 0.178 e. The van der Waals surface area contributed by atoms with Gasteiger partial charge in [0.15, 0.2) is 11.6 Å². The summed E-state index contributed by atoms with van der Waals surface area (Å²) in [4.78, 5) is 20.1. The molecule has 3 heterocycles. The number of hydrogen-bond acceptors (Lipinski definition) is 4. The topological polar surface area (TPSA) is 52.1 Å². The van der Waals surface area contributed by atoms with E-state index in [0.717, 1.165) is 24.2 Å². The summed E-state index contributed by atoms with van der Waals surface area (Å²) < 4.78 is 33.4. The normalized spacial score (nSPS) is 19.9. The first kappa shape index (κ1) is 16.6. The van der Waals surface area contributed by atoms with Gasteiger partial charge in [-0.3, -0.25) is 9.78 Å². The zero-order valence-electron chi connectivity index (χ0n) is 13.8. The zero-order chi connectivity index (χ0) is 17.4. The van der Waals surface area contributed by atoms with Gasteiger partial charge in [0.05, 0.1) is 24.1 Å². The largest absolute Gasteiger partial charge is 0.369 e. The van der Waals surface area contributed by atoms with Gasteiger partial charge in [0.1, 0.15) is 17.2 Å². The summed E-state index contributed by atoms with van der Waals surface area (Å²) in [7, 11) is 0. The highest BCUT2D eigenvalue weighted by Gasteiger charge is 2.30. The van der Waals surface area contributed by atoms with Crippen LogP contribution in [0.5, 0.6) is 0 Å². The molecule has 0 aliphatic carbocycles. The number of hydrogen-bond donors (Lipinski definition) is 0. The van der Waals surface area contributed by atoms with E-state index in [1.807, 2.05) is 13.8 Å². The Balaban J connectivity index is 2.25. The van der Waals surface area contributed by atoms with Gasteiger partial charge in [-0.15, -0.1) is 0 Å². The molecule has 0 unspecified atom stereocenters. The monoisotopic (exact) mass is 332 g/mol. The van der Waals surface area contributed by atoms with Gasteiger partial charge in [-0.25, -0.2) is 13.8 Å². The van der Waals surface area contributed by atoms with Gasteiger partial charge in [0.25, 0.3) is 0 Å². The Bertz CT molecular complexity index is 808. The maximum atomic E-state index is 14.3. The Morgan fingerprint density at radius 1 is 1.38 bits per heavy atom. The number of rotatable bonds is 3. The molecule has 0 amide bonds. The van der Waals surface area contributed by atoms with Crippen LogP contribution in [0.25, 0.3) is 11.3 Å². The lowest BCUT2D eigenvalue weighted by Gasteiger charge is -2.30. The van der Waals surface area contributed by atoms with Gasteiger partial charge < -0.3 is 4.74 Å². The van der Waals surface area contributed by atoms with E-state index in [0.29, 0.717) is 17.7 Å². The highest BCUT2D eigenvalue weighted by Crippen LogP contribution is 2.37. The second-order valence-corrected chi connectivity index (χ2v) is 5.97. The third-order valence-corrected chi connectivity index (χ3v) is 4.25. The molecule has 24 heavy (non-hydrogen) atoms. The lowest BCUT2D eigenvalue weighted by atomic mass is 9.91. The van der Waals surface area contributed by atoms with Crippen molar-refractivity contribution in [3.63, 3.8) is 0 Å². The number of carbonyl (C=O) groups is 1. The SMILES string of the molecule is CC[C@H]1Cc2c(-c3ncc(F)cc3F)cc(C(C)=O)nc2[C@@H](C)O1. The molecule has 2 aromatic heterocycles. The van der Waals surface area contributed by atoms with Gasteiger partial charge >= 0.3 is 0 Å². The Labute approximate surface area is 138 Å². The first-order chi connectivity index (χ1) is 11.4. The maximum absolute atomic E-state index is 14.3. The minimum Gasteiger partial charge on any atom is -0.369 e. The van der Waals surface area contributed by atoms with Crippen LogP contribution in [0.2, 0.25) is 0 Å². The molecule has 0 radical (unpaired) electrons. The maximum Gasteiger partial charge on any atom is 0.178 e. The second-order valence-electron chi connectivity index (χ2n) is 5.97. The number of Topliss-reactive ketones (excluding diaryl/α,β-unsaturated/α-hetero) is 1. The standard InChI is InChI=1S/C18H18F2N2O2/c1-4-12-6-13-14(18-15(20)5-11(19)8-21-18)7-16(9(2)23)22-17(13)10(3)24-12/h5,7-8,10,12H,4,6H2,1-3H3/t10-,12+/m1/s1. The fourth-order valence-corrected chi connectivity index (χ4v) is 3.02. The molecule has 1 aliphatic rings. The van der Waals surface area contributed by atoms with Crippen molar-refractivity contribution in [1.29, 1.82) is 0 Å². The number of fused-ring (bicyclic) bond motifs is 1. The van der Waals surface area contributed by atoms with Crippen molar-refractivity contribution in [1.82, 2.24) is 9.97 Å². The highest BCUT2D eigenvalue weighted by atomic mass is 19.1. The molecule has 0 N–H and O–H groups in total. The quantitative estimate of drug-likeness (QED) is 0.796. The van der Waals surface area contributed by atoms with Crippen molar-refractivity contribution in [2.75, 3.05) is 0 Å². The molecule has 0 saturated heterocycles. The van der Waals surface area contributed by atoms with E-state index < -0.39 is 11.6 Å². The summed E-state index contributed by atoms with van der Waals surface area (Å²) in [6.45, 7) is 5.27. The first-order valence-electron chi connectivity index (χ1n) is 7.92. The molecule has 0 saturated carbocycles. The van der Waals surface area contributed by atoms with E-state index in [2.05, 4.69) is 9.97 Å². The Kier molecular flexibility index (Phi) is 4.41. The second kappa shape index (κ2) is 6.36. The molecule has 0 fully saturated rings. The van der Waals surface area contributed by atoms with Crippen molar-refractivity contribution in [3.8, 4) is 11.3 Å². The molecular weight excluding hydrogens is 314 g/mol. The fraction of sp³-hybridized carbons (Fsp3) is 0.389. The number of ketones is 1. The van der Waals surface area contributed by atoms with Gasteiger partial charge in [-0.2, -0.15) is 0 Å². The third kappa shape index (κ3) is 2.94. The minimum absolute atomic E-state index is 0.0141. The zero-order valence-corrected chi connectivity index (χ0v) is 13.8.